The number of hydrogen-bond acceptors (Lipinski definition) is 6. The Hall–Kier alpha value is -3.61. The van der Waals surface area contributed by atoms with Crippen LogP contribution in [0.4, 0.5) is 0 Å². The fourth-order valence-corrected chi connectivity index (χ4v) is 3.05. The zero-order valence-corrected chi connectivity index (χ0v) is 15.8. The first-order chi connectivity index (χ1) is 13.5. The Morgan fingerprint density at radius 2 is 1.96 bits per heavy atom. The highest BCUT2D eigenvalue weighted by atomic mass is 16.5. The van der Waals surface area contributed by atoms with Gasteiger partial charge in [0.05, 0.1) is 11.1 Å². The average Bonchev–Trinajstić information content (AvgIpc) is 3.19. The van der Waals surface area contributed by atoms with Crippen molar-refractivity contribution in [2.45, 2.75) is 26.8 Å². The molecule has 0 aliphatic carbocycles. The summed E-state index contributed by atoms with van der Waals surface area (Å²) in [7, 11) is 0. The lowest BCUT2D eigenvalue weighted by atomic mass is 10.0. The molecule has 4 aromatic rings. The number of aromatic nitrogens is 4. The summed E-state index contributed by atoms with van der Waals surface area (Å²) in [6.07, 6.45) is 1.66. The van der Waals surface area contributed by atoms with Crippen molar-refractivity contribution in [2.75, 3.05) is 0 Å². The Labute approximate surface area is 161 Å². The highest BCUT2D eigenvalue weighted by Gasteiger charge is 2.20. The lowest BCUT2D eigenvalue weighted by Crippen LogP contribution is -2.27. The fraction of sp³-hybridized carbons (Fsp3) is 0.190. The molecule has 0 saturated carbocycles. The summed E-state index contributed by atoms with van der Waals surface area (Å²) < 4.78 is 5.32. The van der Waals surface area contributed by atoms with E-state index < -0.39 is 6.04 Å². The molecule has 0 saturated heterocycles. The number of pyridine rings is 2. The number of benzene rings is 1. The van der Waals surface area contributed by atoms with Gasteiger partial charge in [-0.05, 0) is 44.5 Å². The molecule has 1 aromatic carbocycles. The molecule has 0 fully saturated rings. The largest absolute Gasteiger partial charge is 0.340 e. The van der Waals surface area contributed by atoms with Crippen LogP contribution in [0.1, 0.15) is 40.5 Å². The van der Waals surface area contributed by atoms with Crippen LogP contribution in [0.3, 0.4) is 0 Å². The van der Waals surface area contributed by atoms with Gasteiger partial charge in [0.2, 0.25) is 11.7 Å². The summed E-state index contributed by atoms with van der Waals surface area (Å²) in [6.45, 7) is 5.66. The van der Waals surface area contributed by atoms with Crippen molar-refractivity contribution >= 4 is 16.8 Å². The zero-order valence-electron chi connectivity index (χ0n) is 15.8. The Bertz CT molecular complexity index is 1150. The molecule has 0 unspecified atom stereocenters. The van der Waals surface area contributed by atoms with E-state index in [1.807, 2.05) is 44.2 Å². The van der Waals surface area contributed by atoms with Crippen molar-refractivity contribution in [3.05, 3.63) is 71.4 Å². The van der Waals surface area contributed by atoms with E-state index in [2.05, 4.69) is 25.4 Å². The first-order valence-electron chi connectivity index (χ1n) is 8.96. The topological polar surface area (TPSA) is 93.8 Å². The van der Waals surface area contributed by atoms with Crippen molar-refractivity contribution < 1.29 is 9.32 Å². The number of aryl methyl sites for hydroxylation is 2. The van der Waals surface area contributed by atoms with E-state index in [0.717, 1.165) is 22.2 Å². The fourth-order valence-electron chi connectivity index (χ4n) is 3.05. The van der Waals surface area contributed by atoms with Crippen LogP contribution < -0.4 is 5.32 Å². The molecule has 3 heterocycles. The smallest absolute Gasteiger partial charge is 0.252 e. The number of rotatable bonds is 4. The number of carbonyl (C=O) groups excluding carboxylic acids is 1. The van der Waals surface area contributed by atoms with Crippen molar-refractivity contribution in [3.8, 4) is 11.5 Å². The summed E-state index contributed by atoms with van der Waals surface area (Å²) in [6, 6.07) is 12.6. The molecule has 0 spiro atoms. The molecule has 28 heavy (non-hydrogen) atoms. The SMILES string of the molecule is Cc1cc(C(=O)N[C@@H](C)c2nc(-c3ccccn3)no2)c2cccc(C)c2n1. The third-order valence-corrected chi connectivity index (χ3v) is 4.47. The first-order valence-corrected chi connectivity index (χ1v) is 8.96. The third-order valence-electron chi connectivity index (χ3n) is 4.47. The summed E-state index contributed by atoms with van der Waals surface area (Å²) >= 11 is 0. The van der Waals surface area contributed by atoms with Crippen molar-refractivity contribution in [1.29, 1.82) is 0 Å². The van der Waals surface area contributed by atoms with Crippen LogP contribution in [0.5, 0.6) is 0 Å². The highest BCUT2D eigenvalue weighted by Crippen LogP contribution is 2.23. The van der Waals surface area contributed by atoms with Gasteiger partial charge in [-0.2, -0.15) is 4.98 Å². The van der Waals surface area contributed by atoms with E-state index in [-0.39, 0.29) is 5.91 Å². The van der Waals surface area contributed by atoms with Crippen LogP contribution in [0.15, 0.2) is 53.2 Å². The second-order valence-corrected chi connectivity index (χ2v) is 6.65. The standard InChI is InChI=1S/C21H19N5O2/c1-12-7-6-8-15-16(11-13(2)23-18(12)15)20(27)24-14(3)21-25-19(26-28-21)17-9-4-5-10-22-17/h4-11,14H,1-3H3,(H,24,27)/t14-/m0/s1. The van der Waals surface area contributed by atoms with Crippen LogP contribution >= 0.6 is 0 Å². The van der Waals surface area contributed by atoms with E-state index in [4.69, 9.17) is 4.52 Å². The summed E-state index contributed by atoms with van der Waals surface area (Å²) in [4.78, 5) is 26.1. The van der Waals surface area contributed by atoms with Crippen LogP contribution in [0, 0.1) is 13.8 Å². The highest BCUT2D eigenvalue weighted by molar-refractivity contribution is 6.06. The molecule has 7 heteroatoms. The lowest BCUT2D eigenvalue weighted by molar-refractivity contribution is 0.0934. The molecule has 0 bridgehead atoms. The average molecular weight is 373 g/mol. The second-order valence-electron chi connectivity index (χ2n) is 6.65. The predicted octanol–water partition coefficient (Wildman–Crippen LogP) is 3.79. The molecule has 4 rings (SSSR count). The molecule has 1 amide bonds. The van der Waals surface area contributed by atoms with Gasteiger partial charge >= 0.3 is 0 Å². The predicted molar refractivity (Wildman–Crippen MR) is 105 cm³/mol. The van der Waals surface area contributed by atoms with Gasteiger partial charge in [-0.15, -0.1) is 0 Å². The Morgan fingerprint density at radius 1 is 1.11 bits per heavy atom. The van der Waals surface area contributed by atoms with E-state index >= 15 is 0 Å². The van der Waals surface area contributed by atoms with Crippen LogP contribution in [-0.2, 0) is 0 Å². The van der Waals surface area contributed by atoms with Crippen molar-refractivity contribution in [3.63, 3.8) is 0 Å². The third kappa shape index (κ3) is 3.34. The van der Waals surface area contributed by atoms with Gasteiger partial charge in [-0.25, -0.2) is 0 Å². The van der Waals surface area contributed by atoms with E-state index in [1.165, 1.54) is 0 Å². The van der Waals surface area contributed by atoms with Gasteiger partial charge in [0.25, 0.3) is 5.91 Å². The number of hydrogen-bond donors (Lipinski definition) is 1. The van der Waals surface area contributed by atoms with Crippen LogP contribution in [-0.4, -0.2) is 26.0 Å². The minimum Gasteiger partial charge on any atom is -0.340 e. The van der Waals surface area contributed by atoms with Crippen LogP contribution in [0.25, 0.3) is 22.4 Å². The van der Waals surface area contributed by atoms with Gasteiger partial charge < -0.3 is 9.84 Å². The number of fused-ring (bicyclic) bond motifs is 1. The zero-order chi connectivity index (χ0) is 19.7. The van der Waals surface area contributed by atoms with Gasteiger partial charge in [-0.1, -0.05) is 29.4 Å². The number of nitrogens with one attached hydrogen (secondary N) is 1. The molecular formula is C21H19N5O2. The van der Waals surface area contributed by atoms with Crippen molar-refractivity contribution in [1.82, 2.24) is 25.4 Å². The number of nitrogens with zero attached hydrogens (tertiary/aromatic N) is 4. The van der Waals surface area contributed by atoms with Crippen molar-refractivity contribution in [2.24, 2.45) is 0 Å². The summed E-state index contributed by atoms with van der Waals surface area (Å²) in [5.41, 5.74) is 3.83. The molecule has 0 aliphatic rings. The number of para-hydroxylation sites is 1. The molecule has 0 aliphatic heterocycles. The second kappa shape index (κ2) is 7.19. The molecule has 140 valence electrons. The Morgan fingerprint density at radius 3 is 2.75 bits per heavy atom. The van der Waals surface area contributed by atoms with Crippen LogP contribution in [0.2, 0.25) is 0 Å². The molecule has 0 radical (unpaired) electrons. The minimum atomic E-state index is -0.453. The first kappa shape index (κ1) is 17.8. The lowest BCUT2D eigenvalue weighted by Gasteiger charge is -2.13. The molecule has 3 aromatic heterocycles. The maximum Gasteiger partial charge on any atom is 0.252 e. The Kier molecular flexibility index (Phi) is 4.57. The quantitative estimate of drug-likeness (QED) is 0.585. The van der Waals surface area contributed by atoms with Gasteiger partial charge in [0.1, 0.15) is 11.7 Å². The summed E-state index contributed by atoms with van der Waals surface area (Å²) in [5, 5.41) is 7.70. The Balaban J connectivity index is 1.60. The maximum atomic E-state index is 12.9. The maximum absolute atomic E-state index is 12.9. The molecule has 1 N–H and O–H groups in total. The number of amides is 1. The molecule has 7 nitrogen and oxygen atoms in total. The van der Waals surface area contributed by atoms with E-state index in [1.54, 1.807) is 25.3 Å². The monoisotopic (exact) mass is 373 g/mol. The summed E-state index contributed by atoms with van der Waals surface area (Å²) in [5.74, 6) is 0.490. The molecule has 1 atom stereocenters. The number of carbonyl (C=O) groups is 1. The van der Waals surface area contributed by atoms with Gasteiger partial charge in [0.15, 0.2) is 0 Å². The molecular weight excluding hydrogens is 354 g/mol. The normalized spacial score (nSPS) is 12.1. The van der Waals surface area contributed by atoms with Gasteiger partial charge in [0, 0.05) is 17.3 Å². The minimum absolute atomic E-state index is 0.216. The van der Waals surface area contributed by atoms with E-state index in [9.17, 15) is 4.79 Å². The van der Waals surface area contributed by atoms with E-state index in [0.29, 0.717) is 23.0 Å². The van der Waals surface area contributed by atoms with Gasteiger partial charge in [-0.3, -0.25) is 14.8 Å².